The number of hydrogen-bond donors (Lipinski definition) is 1. The number of ether oxygens (including phenoxy) is 2. The molecule has 0 amide bonds. The zero-order chi connectivity index (χ0) is 15.8. The lowest BCUT2D eigenvalue weighted by atomic mass is 10.1. The van der Waals surface area contributed by atoms with Gasteiger partial charge in [0.15, 0.2) is 6.10 Å². The number of carbonyl (C=O) groups is 1. The van der Waals surface area contributed by atoms with Crippen LogP contribution in [0, 0.1) is 5.92 Å². The Kier molecular flexibility index (Phi) is 4.25. The first-order chi connectivity index (χ1) is 9.68. The van der Waals surface area contributed by atoms with Crippen molar-refractivity contribution in [1.82, 2.24) is 0 Å². The average Bonchev–Trinajstić information content (AvgIpc) is 2.80. The first-order valence-corrected chi connectivity index (χ1v) is 8.26. The van der Waals surface area contributed by atoms with E-state index in [1.54, 1.807) is 0 Å². The van der Waals surface area contributed by atoms with Gasteiger partial charge < -0.3 is 9.47 Å². The second-order valence-electron chi connectivity index (χ2n) is 5.51. The second kappa shape index (κ2) is 5.65. The Hall–Kier alpha value is -1.60. The van der Waals surface area contributed by atoms with Gasteiger partial charge in [0.05, 0.1) is 4.90 Å². The minimum Gasteiger partial charge on any atom is -0.478 e. The number of carbonyl (C=O) groups excluding carboxylic acids is 1. The summed E-state index contributed by atoms with van der Waals surface area (Å²) in [6, 6.07) is 4.30. The van der Waals surface area contributed by atoms with Gasteiger partial charge in [0.25, 0.3) is 0 Å². The van der Waals surface area contributed by atoms with E-state index in [-0.39, 0.29) is 23.3 Å². The van der Waals surface area contributed by atoms with Gasteiger partial charge in [-0.25, -0.2) is 18.4 Å². The Labute approximate surface area is 124 Å². The molecule has 2 rings (SSSR count). The fourth-order valence-corrected chi connectivity index (χ4v) is 2.49. The fraction of sp³-hybridized carbons (Fsp3) is 0.500. The highest BCUT2D eigenvalue weighted by atomic mass is 32.2. The largest absolute Gasteiger partial charge is 0.478 e. The molecular weight excluding hydrogens is 294 g/mol. The van der Waals surface area contributed by atoms with Crippen molar-refractivity contribution >= 4 is 16.0 Å². The van der Waals surface area contributed by atoms with Gasteiger partial charge in [-0.1, -0.05) is 13.8 Å². The summed E-state index contributed by atoms with van der Waals surface area (Å²) in [7, 11) is -3.76. The van der Waals surface area contributed by atoms with Gasteiger partial charge in [-0.15, -0.1) is 0 Å². The lowest BCUT2D eigenvalue weighted by Gasteiger charge is -2.18. The maximum Gasteiger partial charge on any atom is 0.347 e. The minimum absolute atomic E-state index is 0.00872. The lowest BCUT2D eigenvalue weighted by Crippen LogP contribution is -2.32. The summed E-state index contributed by atoms with van der Waals surface area (Å²) in [5.74, 6) is 0.262. The van der Waals surface area contributed by atoms with E-state index in [0.717, 1.165) is 0 Å². The number of rotatable bonds is 4. The van der Waals surface area contributed by atoms with Gasteiger partial charge in [0.2, 0.25) is 10.0 Å². The number of benzene rings is 1. The van der Waals surface area contributed by atoms with Crippen LogP contribution in [0.4, 0.5) is 0 Å². The Morgan fingerprint density at radius 3 is 2.62 bits per heavy atom. The molecule has 0 fully saturated rings. The molecule has 1 aliphatic rings. The molecule has 2 unspecified atom stereocenters. The molecule has 1 aromatic rings. The Morgan fingerprint density at radius 1 is 1.38 bits per heavy atom. The Bertz CT molecular complexity index is 653. The van der Waals surface area contributed by atoms with Crippen molar-refractivity contribution in [3.63, 3.8) is 0 Å². The van der Waals surface area contributed by atoms with Gasteiger partial charge >= 0.3 is 5.97 Å². The van der Waals surface area contributed by atoms with Crippen molar-refractivity contribution < 1.29 is 22.7 Å². The third-order valence-corrected chi connectivity index (χ3v) is 4.45. The van der Waals surface area contributed by atoms with Crippen LogP contribution in [0.2, 0.25) is 0 Å². The van der Waals surface area contributed by atoms with Crippen LogP contribution in [0.25, 0.3) is 0 Å². The second-order valence-corrected chi connectivity index (χ2v) is 7.07. The standard InChI is InChI=1S/C14H19NO5S/c1-8(2)9(3)19-14(16)13-7-10-6-11(21(15,17)18)4-5-12(10)20-13/h4-6,8-9,13H,7H2,1-3H3,(H2,15,17,18). The maximum atomic E-state index is 12.0. The summed E-state index contributed by atoms with van der Waals surface area (Å²) in [6.45, 7) is 5.74. The summed E-state index contributed by atoms with van der Waals surface area (Å²) in [5.41, 5.74) is 0.640. The SMILES string of the molecule is CC(C)C(C)OC(=O)C1Cc2cc(S(N)(=O)=O)ccc2O1. The monoisotopic (exact) mass is 313 g/mol. The van der Waals surface area contributed by atoms with Gasteiger partial charge in [0.1, 0.15) is 11.9 Å². The normalized spacial score (nSPS) is 19.0. The summed E-state index contributed by atoms with van der Waals surface area (Å²) in [4.78, 5) is 12.0. The summed E-state index contributed by atoms with van der Waals surface area (Å²) in [6.07, 6.45) is -0.663. The van der Waals surface area contributed by atoms with E-state index in [2.05, 4.69) is 0 Å². The van der Waals surface area contributed by atoms with Gasteiger partial charge in [-0.2, -0.15) is 0 Å². The van der Waals surface area contributed by atoms with Crippen molar-refractivity contribution in [2.45, 2.75) is 44.3 Å². The van der Waals surface area contributed by atoms with E-state index >= 15 is 0 Å². The van der Waals surface area contributed by atoms with Crippen LogP contribution in [0.1, 0.15) is 26.3 Å². The smallest absolute Gasteiger partial charge is 0.347 e. The van der Waals surface area contributed by atoms with Gasteiger partial charge in [-0.3, -0.25) is 0 Å². The molecule has 6 nitrogen and oxygen atoms in total. The highest BCUT2D eigenvalue weighted by Gasteiger charge is 2.32. The molecule has 116 valence electrons. The van der Waals surface area contributed by atoms with Gasteiger partial charge in [0, 0.05) is 6.42 Å². The van der Waals surface area contributed by atoms with Crippen LogP contribution in [0.3, 0.4) is 0 Å². The molecule has 0 saturated heterocycles. The molecule has 0 aliphatic carbocycles. The van der Waals surface area contributed by atoms with E-state index in [1.807, 2.05) is 20.8 Å². The molecule has 0 spiro atoms. The molecule has 2 atom stereocenters. The molecule has 1 aliphatic heterocycles. The molecule has 21 heavy (non-hydrogen) atoms. The minimum atomic E-state index is -3.76. The molecule has 1 aromatic carbocycles. The van der Waals surface area contributed by atoms with Crippen LogP contribution in [0.15, 0.2) is 23.1 Å². The molecule has 0 saturated carbocycles. The molecule has 0 bridgehead atoms. The van der Waals surface area contributed by atoms with E-state index in [9.17, 15) is 13.2 Å². The third kappa shape index (κ3) is 3.54. The quantitative estimate of drug-likeness (QED) is 0.843. The van der Waals surface area contributed by atoms with Crippen LogP contribution >= 0.6 is 0 Å². The predicted octanol–water partition coefficient (Wildman–Crippen LogP) is 1.23. The van der Waals surface area contributed by atoms with Crippen LogP contribution in [-0.4, -0.2) is 26.6 Å². The van der Waals surface area contributed by atoms with Crippen LogP contribution < -0.4 is 9.88 Å². The number of sulfonamides is 1. The van der Waals surface area contributed by atoms with Crippen LogP contribution in [-0.2, 0) is 26.0 Å². The first-order valence-electron chi connectivity index (χ1n) is 6.71. The number of hydrogen-bond acceptors (Lipinski definition) is 5. The number of esters is 1. The van der Waals surface area contributed by atoms with E-state index in [4.69, 9.17) is 14.6 Å². The van der Waals surface area contributed by atoms with Gasteiger partial charge in [-0.05, 0) is 36.6 Å². The van der Waals surface area contributed by atoms with Crippen molar-refractivity contribution in [3.05, 3.63) is 23.8 Å². The van der Waals surface area contributed by atoms with Crippen LogP contribution in [0.5, 0.6) is 5.75 Å². The van der Waals surface area contributed by atoms with E-state index in [1.165, 1.54) is 18.2 Å². The summed E-state index contributed by atoms with van der Waals surface area (Å²) in [5, 5.41) is 5.08. The highest BCUT2D eigenvalue weighted by molar-refractivity contribution is 7.89. The third-order valence-electron chi connectivity index (χ3n) is 3.54. The topological polar surface area (TPSA) is 95.7 Å². The molecule has 1 heterocycles. The van der Waals surface area contributed by atoms with E-state index < -0.39 is 22.1 Å². The van der Waals surface area contributed by atoms with Crippen molar-refractivity contribution in [1.29, 1.82) is 0 Å². The zero-order valence-electron chi connectivity index (χ0n) is 12.2. The molecule has 7 heteroatoms. The molecule has 2 N–H and O–H groups in total. The molecule has 0 aromatic heterocycles. The number of primary sulfonamides is 1. The Balaban J connectivity index is 2.11. The summed E-state index contributed by atoms with van der Waals surface area (Å²) < 4.78 is 33.5. The predicted molar refractivity (Wildman–Crippen MR) is 76.3 cm³/mol. The number of nitrogens with two attached hydrogens (primary N) is 1. The highest BCUT2D eigenvalue weighted by Crippen LogP contribution is 2.31. The van der Waals surface area contributed by atoms with Crippen molar-refractivity contribution in [3.8, 4) is 5.75 Å². The van der Waals surface area contributed by atoms with Crippen molar-refractivity contribution in [2.75, 3.05) is 0 Å². The fourth-order valence-electron chi connectivity index (χ4n) is 1.93. The van der Waals surface area contributed by atoms with Crippen molar-refractivity contribution in [2.24, 2.45) is 11.1 Å². The number of fused-ring (bicyclic) bond motifs is 1. The Morgan fingerprint density at radius 2 is 2.05 bits per heavy atom. The maximum absolute atomic E-state index is 12.0. The molecular formula is C14H19NO5S. The van der Waals surface area contributed by atoms with E-state index in [0.29, 0.717) is 11.3 Å². The summed E-state index contributed by atoms with van der Waals surface area (Å²) >= 11 is 0. The first kappa shape index (κ1) is 15.8. The molecule has 0 radical (unpaired) electrons. The average molecular weight is 313 g/mol. The lowest BCUT2D eigenvalue weighted by molar-refractivity contribution is -0.157. The zero-order valence-corrected chi connectivity index (χ0v) is 13.0.